The normalized spacial score (nSPS) is 35.8. The van der Waals surface area contributed by atoms with Crippen LogP contribution in [0.5, 0.6) is 0 Å². The Morgan fingerprint density at radius 3 is 2.77 bits per heavy atom. The zero-order valence-electron chi connectivity index (χ0n) is 9.31. The lowest BCUT2D eigenvalue weighted by Crippen LogP contribution is -2.39. The molecule has 0 spiro atoms. The van der Waals surface area contributed by atoms with Gasteiger partial charge in [0.05, 0.1) is 0 Å². The molecule has 0 aromatic carbocycles. The van der Waals surface area contributed by atoms with Crippen LogP contribution in [0, 0.1) is 5.92 Å². The van der Waals surface area contributed by atoms with E-state index in [1.807, 2.05) is 0 Å². The van der Waals surface area contributed by atoms with Gasteiger partial charge in [-0.3, -0.25) is 0 Å². The Morgan fingerprint density at radius 1 is 1.31 bits per heavy atom. The van der Waals surface area contributed by atoms with Gasteiger partial charge in [-0.05, 0) is 31.6 Å². The van der Waals surface area contributed by atoms with Crippen molar-refractivity contribution in [1.82, 2.24) is 0 Å². The molecule has 2 unspecified atom stereocenters. The summed E-state index contributed by atoms with van der Waals surface area (Å²) in [5.41, 5.74) is 6.60. The zero-order chi connectivity index (χ0) is 9.73. The summed E-state index contributed by atoms with van der Waals surface area (Å²) in [6.07, 6.45) is 10.5. The molecule has 13 heavy (non-hydrogen) atoms. The van der Waals surface area contributed by atoms with Gasteiger partial charge in [-0.2, -0.15) is 0 Å². The van der Waals surface area contributed by atoms with Crippen molar-refractivity contribution in [2.75, 3.05) is 0 Å². The van der Waals surface area contributed by atoms with Gasteiger partial charge < -0.3 is 5.73 Å². The van der Waals surface area contributed by atoms with E-state index in [-0.39, 0.29) is 5.54 Å². The zero-order valence-corrected chi connectivity index (χ0v) is 9.31. The maximum Gasteiger partial charge on any atom is 0.0154 e. The quantitative estimate of drug-likeness (QED) is 0.666. The van der Waals surface area contributed by atoms with E-state index in [0.29, 0.717) is 0 Å². The molecular weight excluding hydrogens is 158 g/mol. The summed E-state index contributed by atoms with van der Waals surface area (Å²) < 4.78 is 0. The summed E-state index contributed by atoms with van der Waals surface area (Å²) in [5, 5.41) is 0. The number of hydrogen-bond acceptors (Lipinski definition) is 1. The van der Waals surface area contributed by atoms with Gasteiger partial charge in [0.15, 0.2) is 0 Å². The van der Waals surface area contributed by atoms with Crippen molar-refractivity contribution >= 4 is 0 Å². The SMILES string of the molecule is CCCCC1(N)CCCC(C)CC1. The van der Waals surface area contributed by atoms with Gasteiger partial charge in [0.25, 0.3) is 0 Å². The molecular formula is C12H25N. The molecule has 2 atom stereocenters. The van der Waals surface area contributed by atoms with E-state index in [9.17, 15) is 0 Å². The molecule has 1 rings (SSSR count). The van der Waals surface area contributed by atoms with Crippen LogP contribution in [0.4, 0.5) is 0 Å². The molecule has 0 bridgehead atoms. The van der Waals surface area contributed by atoms with Gasteiger partial charge in [0, 0.05) is 5.54 Å². The Kier molecular flexibility index (Phi) is 4.24. The second-order valence-electron chi connectivity index (χ2n) is 5.00. The van der Waals surface area contributed by atoms with E-state index in [1.165, 1.54) is 51.4 Å². The van der Waals surface area contributed by atoms with Crippen LogP contribution in [0.2, 0.25) is 0 Å². The van der Waals surface area contributed by atoms with Crippen molar-refractivity contribution in [3.8, 4) is 0 Å². The van der Waals surface area contributed by atoms with E-state index in [1.54, 1.807) is 0 Å². The van der Waals surface area contributed by atoms with Gasteiger partial charge in [0.1, 0.15) is 0 Å². The van der Waals surface area contributed by atoms with Crippen molar-refractivity contribution in [2.45, 2.75) is 70.8 Å². The molecule has 78 valence electrons. The predicted molar refractivity (Wildman–Crippen MR) is 58.7 cm³/mol. The minimum Gasteiger partial charge on any atom is -0.325 e. The summed E-state index contributed by atoms with van der Waals surface area (Å²) in [6.45, 7) is 4.62. The first-order valence-corrected chi connectivity index (χ1v) is 5.95. The lowest BCUT2D eigenvalue weighted by molar-refractivity contribution is 0.331. The minimum atomic E-state index is 0.195. The standard InChI is InChI=1S/C12H25N/c1-3-4-8-12(13)9-5-6-11(2)7-10-12/h11H,3-10,13H2,1-2H3. The van der Waals surface area contributed by atoms with Crippen molar-refractivity contribution in [2.24, 2.45) is 11.7 Å². The van der Waals surface area contributed by atoms with E-state index in [4.69, 9.17) is 5.73 Å². The topological polar surface area (TPSA) is 26.0 Å². The first-order chi connectivity index (χ1) is 6.16. The molecule has 0 heterocycles. The van der Waals surface area contributed by atoms with Crippen molar-refractivity contribution in [1.29, 1.82) is 0 Å². The second-order valence-corrected chi connectivity index (χ2v) is 5.00. The Balaban J connectivity index is 2.37. The van der Waals surface area contributed by atoms with Crippen LogP contribution in [-0.4, -0.2) is 5.54 Å². The first-order valence-electron chi connectivity index (χ1n) is 5.95. The van der Waals surface area contributed by atoms with Gasteiger partial charge in [-0.15, -0.1) is 0 Å². The van der Waals surface area contributed by atoms with Crippen molar-refractivity contribution in [3.63, 3.8) is 0 Å². The fourth-order valence-electron chi connectivity index (χ4n) is 2.38. The van der Waals surface area contributed by atoms with Crippen LogP contribution in [-0.2, 0) is 0 Å². The fourth-order valence-corrected chi connectivity index (χ4v) is 2.38. The predicted octanol–water partition coefficient (Wildman–Crippen LogP) is 3.47. The average molecular weight is 183 g/mol. The van der Waals surface area contributed by atoms with Gasteiger partial charge in [-0.25, -0.2) is 0 Å². The summed E-state index contributed by atoms with van der Waals surface area (Å²) in [4.78, 5) is 0. The lowest BCUT2D eigenvalue weighted by Gasteiger charge is -2.28. The number of nitrogens with two attached hydrogens (primary N) is 1. The van der Waals surface area contributed by atoms with Crippen molar-refractivity contribution < 1.29 is 0 Å². The number of rotatable bonds is 3. The smallest absolute Gasteiger partial charge is 0.0154 e. The maximum absolute atomic E-state index is 6.41. The van der Waals surface area contributed by atoms with Crippen LogP contribution in [0.25, 0.3) is 0 Å². The van der Waals surface area contributed by atoms with Crippen LogP contribution in [0.15, 0.2) is 0 Å². The van der Waals surface area contributed by atoms with E-state index in [0.717, 1.165) is 5.92 Å². The molecule has 1 aliphatic rings. The summed E-state index contributed by atoms with van der Waals surface area (Å²) in [6, 6.07) is 0. The second kappa shape index (κ2) is 4.99. The Labute approximate surface area is 83.1 Å². The number of hydrogen-bond donors (Lipinski definition) is 1. The molecule has 1 nitrogen and oxygen atoms in total. The summed E-state index contributed by atoms with van der Waals surface area (Å²) in [7, 11) is 0. The monoisotopic (exact) mass is 183 g/mol. The molecule has 0 aromatic heterocycles. The van der Waals surface area contributed by atoms with Gasteiger partial charge in [0.2, 0.25) is 0 Å². The third-order valence-electron chi connectivity index (χ3n) is 3.53. The Hall–Kier alpha value is -0.0400. The highest BCUT2D eigenvalue weighted by Gasteiger charge is 2.26. The van der Waals surface area contributed by atoms with Crippen LogP contribution in [0.1, 0.15) is 65.2 Å². The highest BCUT2D eigenvalue weighted by Crippen LogP contribution is 2.31. The Morgan fingerprint density at radius 2 is 2.08 bits per heavy atom. The average Bonchev–Trinajstić information content (AvgIpc) is 2.27. The lowest BCUT2D eigenvalue weighted by atomic mass is 9.86. The maximum atomic E-state index is 6.41. The van der Waals surface area contributed by atoms with Gasteiger partial charge >= 0.3 is 0 Å². The molecule has 0 saturated heterocycles. The van der Waals surface area contributed by atoms with E-state index >= 15 is 0 Å². The molecule has 1 saturated carbocycles. The highest BCUT2D eigenvalue weighted by atomic mass is 14.7. The fraction of sp³-hybridized carbons (Fsp3) is 1.00. The number of unbranched alkanes of at least 4 members (excludes halogenated alkanes) is 1. The third-order valence-corrected chi connectivity index (χ3v) is 3.53. The molecule has 1 heteroatoms. The van der Waals surface area contributed by atoms with Crippen molar-refractivity contribution in [3.05, 3.63) is 0 Å². The summed E-state index contributed by atoms with van der Waals surface area (Å²) in [5.74, 6) is 0.909. The highest BCUT2D eigenvalue weighted by molar-refractivity contribution is 4.86. The van der Waals surface area contributed by atoms with E-state index in [2.05, 4.69) is 13.8 Å². The van der Waals surface area contributed by atoms with E-state index < -0.39 is 0 Å². The van der Waals surface area contributed by atoms with Crippen LogP contribution >= 0.6 is 0 Å². The molecule has 1 fully saturated rings. The van der Waals surface area contributed by atoms with Crippen LogP contribution in [0.3, 0.4) is 0 Å². The molecule has 0 amide bonds. The van der Waals surface area contributed by atoms with Crippen LogP contribution < -0.4 is 5.73 Å². The molecule has 0 radical (unpaired) electrons. The minimum absolute atomic E-state index is 0.195. The molecule has 0 aliphatic heterocycles. The molecule has 2 N–H and O–H groups in total. The van der Waals surface area contributed by atoms with Gasteiger partial charge in [-0.1, -0.05) is 39.5 Å². The molecule has 1 aliphatic carbocycles. The summed E-state index contributed by atoms with van der Waals surface area (Å²) >= 11 is 0. The Bertz CT molecular complexity index is 140. The first kappa shape index (κ1) is 11.0. The third kappa shape index (κ3) is 3.68. The molecule has 0 aromatic rings. The largest absolute Gasteiger partial charge is 0.325 e.